The standard InChI is InChI=1S/C15H14BrClO/c1-10-5-3-4-6-12(10)15(17)11-7-8-14(18-2)13(16)9-11/h3-9,15H,1-2H3. The smallest absolute Gasteiger partial charge is 0.133 e. The van der Waals surface area contributed by atoms with Crippen LogP contribution in [-0.4, -0.2) is 7.11 Å². The Morgan fingerprint density at radius 1 is 1.17 bits per heavy atom. The Kier molecular flexibility index (Phi) is 4.31. The minimum Gasteiger partial charge on any atom is -0.496 e. The molecule has 0 radical (unpaired) electrons. The molecule has 0 saturated carbocycles. The summed E-state index contributed by atoms with van der Waals surface area (Å²) in [5.74, 6) is 0.812. The molecule has 3 heteroatoms. The Hall–Kier alpha value is -0.990. The van der Waals surface area contributed by atoms with Crippen LogP contribution < -0.4 is 4.74 Å². The number of methoxy groups -OCH3 is 1. The molecular weight excluding hydrogens is 312 g/mol. The second kappa shape index (κ2) is 5.77. The summed E-state index contributed by atoms with van der Waals surface area (Å²) in [6.07, 6.45) is 0. The highest BCUT2D eigenvalue weighted by Gasteiger charge is 2.14. The first kappa shape index (κ1) is 13.4. The maximum Gasteiger partial charge on any atom is 0.133 e. The van der Waals surface area contributed by atoms with Crippen LogP contribution >= 0.6 is 27.5 Å². The number of benzene rings is 2. The number of rotatable bonds is 3. The molecule has 0 aliphatic carbocycles. The summed E-state index contributed by atoms with van der Waals surface area (Å²) >= 11 is 10.0. The molecule has 0 heterocycles. The predicted molar refractivity (Wildman–Crippen MR) is 79.6 cm³/mol. The summed E-state index contributed by atoms with van der Waals surface area (Å²) in [6.45, 7) is 2.07. The van der Waals surface area contributed by atoms with E-state index in [9.17, 15) is 0 Å². The van der Waals surface area contributed by atoms with Gasteiger partial charge in [-0.2, -0.15) is 0 Å². The van der Waals surface area contributed by atoms with E-state index in [-0.39, 0.29) is 5.38 Å². The van der Waals surface area contributed by atoms with Crippen molar-refractivity contribution in [3.63, 3.8) is 0 Å². The van der Waals surface area contributed by atoms with Gasteiger partial charge < -0.3 is 4.74 Å². The van der Waals surface area contributed by atoms with Gasteiger partial charge in [-0.05, 0) is 51.7 Å². The van der Waals surface area contributed by atoms with Gasteiger partial charge >= 0.3 is 0 Å². The molecule has 0 amide bonds. The zero-order valence-electron chi connectivity index (χ0n) is 10.3. The second-order valence-electron chi connectivity index (χ2n) is 4.11. The summed E-state index contributed by atoms with van der Waals surface area (Å²) in [5, 5.41) is -0.145. The van der Waals surface area contributed by atoms with E-state index in [2.05, 4.69) is 35.0 Å². The van der Waals surface area contributed by atoms with Gasteiger partial charge in [0.2, 0.25) is 0 Å². The zero-order chi connectivity index (χ0) is 13.1. The average molecular weight is 326 g/mol. The van der Waals surface area contributed by atoms with Gasteiger partial charge in [0.1, 0.15) is 5.75 Å². The summed E-state index contributed by atoms with van der Waals surface area (Å²) in [6, 6.07) is 14.1. The highest BCUT2D eigenvalue weighted by atomic mass is 79.9. The van der Waals surface area contributed by atoms with E-state index in [0.717, 1.165) is 21.3 Å². The molecule has 0 aliphatic rings. The van der Waals surface area contributed by atoms with Crippen molar-refractivity contribution in [3.8, 4) is 5.75 Å². The molecule has 0 fully saturated rings. The molecule has 0 bridgehead atoms. The summed E-state index contributed by atoms with van der Waals surface area (Å²) in [4.78, 5) is 0. The van der Waals surface area contributed by atoms with Crippen molar-refractivity contribution in [1.29, 1.82) is 0 Å². The lowest BCUT2D eigenvalue weighted by molar-refractivity contribution is 0.412. The molecule has 2 aromatic rings. The van der Waals surface area contributed by atoms with Crippen LogP contribution in [0.5, 0.6) is 5.75 Å². The van der Waals surface area contributed by atoms with Crippen LogP contribution in [0.4, 0.5) is 0 Å². The first-order chi connectivity index (χ1) is 8.63. The van der Waals surface area contributed by atoms with Gasteiger partial charge in [0, 0.05) is 0 Å². The molecule has 18 heavy (non-hydrogen) atoms. The van der Waals surface area contributed by atoms with Crippen LogP contribution in [0, 0.1) is 6.92 Å². The maximum absolute atomic E-state index is 6.54. The predicted octanol–water partition coefficient (Wildman–Crippen LogP) is 5.09. The van der Waals surface area contributed by atoms with Gasteiger partial charge in [0.05, 0.1) is 17.0 Å². The van der Waals surface area contributed by atoms with Crippen LogP contribution in [0.3, 0.4) is 0 Å². The second-order valence-corrected chi connectivity index (χ2v) is 5.40. The van der Waals surface area contributed by atoms with Crippen molar-refractivity contribution in [2.75, 3.05) is 7.11 Å². The SMILES string of the molecule is COc1ccc(C(Cl)c2ccccc2C)cc1Br. The van der Waals surface area contributed by atoms with E-state index in [4.69, 9.17) is 16.3 Å². The summed E-state index contributed by atoms with van der Waals surface area (Å²) in [5.41, 5.74) is 3.39. The monoisotopic (exact) mass is 324 g/mol. The van der Waals surface area contributed by atoms with Crippen molar-refractivity contribution in [2.45, 2.75) is 12.3 Å². The van der Waals surface area contributed by atoms with Crippen molar-refractivity contribution in [2.24, 2.45) is 0 Å². The molecule has 0 aliphatic heterocycles. The molecule has 1 nitrogen and oxygen atoms in total. The number of aryl methyl sites for hydroxylation is 1. The van der Waals surface area contributed by atoms with Gasteiger partial charge in [-0.3, -0.25) is 0 Å². The van der Waals surface area contributed by atoms with Gasteiger partial charge in [-0.15, -0.1) is 11.6 Å². The lowest BCUT2D eigenvalue weighted by Gasteiger charge is -2.14. The van der Waals surface area contributed by atoms with Crippen LogP contribution in [0.25, 0.3) is 0 Å². The van der Waals surface area contributed by atoms with Crippen LogP contribution in [0.1, 0.15) is 22.1 Å². The quantitative estimate of drug-likeness (QED) is 0.714. The summed E-state index contributed by atoms with van der Waals surface area (Å²) < 4.78 is 6.14. The highest BCUT2D eigenvalue weighted by Crippen LogP contribution is 2.35. The number of hydrogen-bond donors (Lipinski definition) is 0. The van der Waals surface area contributed by atoms with Crippen LogP contribution in [0.2, 0.25) is 0 Å². The molecule has 0 N–H and O–H groups in total. The third-order valence-electron chi connectivity index (χ3n) is 2.93. The van der Waals surface area contributed by atoms with E-state index in [1.165, 1.54) is 5.56 Å². The van der Waals surface area contributed by atoms with Gasteiger partial charge in [0.15, 0.2) is 0 Å². The zero-order valence-corrected chi connectivity index (χ0v) is 12.6. The Labute approximate surface area is 121 Å². The van der Waals surface area contributed by atoms with Crippen LogP contribution in [0.15, 0.2) is 46.9 Å². The Balaban J connectivity index is 2.37. The Morgan fingerprint density at radius 2 is 1.89 bits per heavy atom. The van der Waals surface area contributed by atoms with E-state index in [1.807, 2.05) is 30.3 Å². The van der Waals surface area contributed by atoms with Crippen molar-refractivity contribution in [3.05, 3.63) is 63.6 Å². The summed E-state index contributed by atoms with van der Waals surface area (Å²) in [7, 11) is 1.65. The fourth-order valence-electron chi connectivity index (χ4n) is 1.89. The van der Waals surface area contributed by atoms with Crippen LogP contribution in [-0.2, 0) is 0 Å². The van der Waals surface area contributed by atoms with Crippen molar-refractivity contribution in [1.82, 2.24) is 0 Å². The number of ether oxygens (including phenoxy) is 1. The third-order valence-corrected chi connectivity index (χ3v) is 4.04. The molecule has 2 aromatic carbocycles. The largest absolute Gasteiger partial charge is 0.496 e. The molecule has 0 aromatic heterocycles. The van der Waals surface area contributed by atoms with E-state index in [1.54, 1.807) is 7.11 Å². The third kappa shape index (κ3) is 2.70. The number of alkyl halides is 1. The Morgan fingerprint density at radius 3 is 2.50 bits per heavy atom. The lowest BCUT2D eigenvalue weighted by atomic mass is 10.00. The minimum absolute atomic E-state index is 0.145. The fraction of sp³-hybridized carbons (Fsp3) is 0.200. The minimum atomic E-state index is -0.145. The first-order valence-electron chi connectivity index (χ1n) is 5.66. The fourth-order valence-corrected chi connectivity index (χ4v) is 2.83. The van der Waals surface area contributed by atoms with Gasteiger partial charge in [0.25, 0.3) is 0 Å². The maximum atomic E-state index is 6.54. The van der Waals surface area contributed by atoms with Crippen molar-refractivity contribution < 1.29 is 4.74 Å². The number of hydrogen-bond acceptors (Lipinski definition) is 1. The molecule has 2 rings (SSSR count). The lowest BCUT2D eigenvalue weighted by Crippen LogP contribution is -1.96. The number of halogens is 2. The molecular formula is C15H14BrClO. The molecule has 94 valence electrons. The Bertz CT molecular complexity index is 554. The molecule has 0 saturated heterocycles. The van der Waals surface area contributed by atoms with Gasteiger partial charge in [-0.25, -0.2) is 0 Å². The van der Waals surface area contributed by atoms with E-state index >= 15 is 0 Å². The van der Waals surface area contributed by atoms with E-state index < -0.39 is 0 Å². The average Bonchev–Trinajstić information content (AvgIpc) is 2.38. The highest BCUT2D eigenvalue weighted by molar-refractivity contribution is 9.10. The van der Waals surface area contributed by atoms with Crippen molar-refractivity contribution >= 4 is 27.5 Å². The van der Waals surface area contributed by atoms with E-state index in [0.29, 0.717) is 0 Å². The molecule has 1 unspecified atom stereocenters. The first-order valence-corrected chi connectivity index (χ1v) is 6.89. The molecule has 1 atom stereocenters. The topological polar surface area (TPSA) is 9.23 Å². The van der Waals surface area contributed by atoms with Gasteiger partial charge in [-0.1, -0.05) is 30.3 Å². The molecule has 0 spiro atoms. The normalized spacial score (nSPS) is 12.2.